The smallest absolute Gasteiger partial charge is 0.257 e. The van der Waals surface area contributed by atoms with Gasteiger partial charge >= 0.3 is 0 Å². The van der Waals surface area contributed by atoms with Crippen molar-refractivity contribution in [3.8, 4) is 17.0 Å². The number of benzene rings is 2. The van der Waals surface area contributed by atoms with Gasteiger partial charge in [0.1, 0.15) is 5.75 Å². The molecule has 1 saturated carbocycles. The number of nitrogens with zero attached hydrogens (tertiary/aromatic N) is 3. The van der Waals surface area contributed by atoms with E-state index in [1.54, 1.807) is 0 Å². The Morgan fingerprint density at radius 3 is 3.03 bits per heavy atom. The van der Waals surface area contributed by atoms with Gasteiger partial charge in [-0.25, -0.2) is 9.97 Å². The Bertz CT molecular complexity index is 1250. The molecule has 0 atom stereocenters. The second-order valence-electron chi connectivity index (χ2n) is 7.50. The molecule has 2 aliphatic rings. The Morgan fingerprint density at radius 2 is 2.14 bits per heavy atom. The second kappa shape index (κ2) is 6.42. The lowest BCUT2D eigenvalue weighted by molar-refractivity contribution is 0.102. The quantitative estimate of drug-likeness (QED) is 0.538. The number of hydrogen-bond donors (Lipinski definition) is 1. The van der Waals surface area contributed by atoms with Gasteiger partial charge in [-0.3, -0.25) is 10.1 Å². The number of amides is 1. The minimum Gasteiger partial charge on any atom is -0.493 e. The molecular weight excluding hydrogens is 384 g/mol. The summed E-state index contributed by atoms with van der Waals surface area (Å²) in [4.78, 5) is 21.8. The van der Waals surface area contributed by atoms with Gasteiger partial charge in [-0.1, -0.05) is 0 Å². The zero-order chi connectivity index (χ0) is 19.4. The molecule has 2 aromatic carbocycles. The summed E-state index contributed by atoms with van der Waals surface area (Å²) in [7, 11) is 0. The Labute approximate surface area is 171 Å². The van der Waals surface area contributed by atoms with E-state index < -0.39 is 0 Å². The number of carbonyl (C=O) groups excluding carboxylic acids is 1. The first kappa shape index (κ1) is 16.7. The molecule has 3 heterocycles. The van der Waals surface area contributed by atoms with Crippen molar-refractivity contribution >= 4 is 33.4 Å². The summed E-state index contributed by atoms with van der Waals surface area (Å²) in [5.74, 6) is 0.785. The van der Waals surface area contributed by atoms with Crippen LogP contribution < -0.4 is 10.1 Å². The van der Waals surface area contributed by atoms with Crippen LogP contribution in [-0.2, 0) is 6.42 Å². The van der Waals surface area contributed by atoms with Gasteiger partial charge in [-0.2, -0.15) is 0 Å². The molecule has 1 amide bonds. The van der Waals surface area contributed by atoms with E-state index in [0.717, 1.165) is 41.1 Å². The predicted molar refractivity (Wildman–Crippen MR) is 113 cm³/mol. The predicted octanol–water partition coefficient (Wildman–Crippen LogP) is 4.68. The van der Waals surface area contributed by atoms with E-state index in [2.05, 4.69) is 25.9 Å². The van der Waals surface area contributed by atoms with E-state index in [-0.39, 0.29) is 5.91 Å². The van der Waals surface area contributed by atoms with Gasteiger partial charge in [0.25, 0.3) is 5.91 Å². The molecule has 1 fully saturated rings. The number of hydrogen-bond acceptors (Lipinski definition) is 5. The van der Waals surface area contributed by atoms with Crippen molar-refractivity contribution in [1.29, 1.82) is 0 Å². The maximum atomic E-state index is 12.7. The highest BCUT2D eigenvalue weighted by atomic mass is 32.1. The lowest BCUT2D eigenvalue weighted by atomic mass is 10.1. The Balaban J connectivity index is 1.22. The Kier molecular flexibility index (Phi) is 3.70. The van der Waals surface area contributed by atoms with E-state index in [1.807, 2.05) is 42.0 Å². The molecule has 4 aromatic rings. The molecule has 6 rings (SSSR count). The monoisotopic (exact) mass is 402 g/mol. The Hall–Kier alpha value is -3.19. The molecule has 2 aromatic heterocycles. The SMILES string of the molecule is O=C(Nc1nc(-c2ccc3c(c2)CCO3)cs1)c1ccc2c(c1)ncn2C1CC1. The minimum absolute atomic E-state index is 0.170. The number of ether oxygens (including phenoxy) is 1. The fourth-order valence-electron chi connectivity index (χ4n) is 3.80. The fraction of sp³-hybridized carbons (Fsp3) is 0.227. The molecule has 7 heteroatoms. The van der Waals surface area contributed by atoms with Crippen LogP contribution in [0.15, 0.2) is 48.1 Å². The standard InChI is InChI=1S/C22H18N4O2S/c27-21(15-1-5-19-17(10-15)23-12-26(19)16-3-4-16)25-22-24-18(11-29-22)13-2-6-20-14(9-13)7-8-28-20/h1-2,5-6,9-12,16H,3-4,7-8H2,(H,24,25,27). The van der Waals surface area contributed by atoms with Gasteiger partial charge in [0, 0.05) is 29.0 Å². The average molecular weight is 402 g/mol. The van der Waals surface area contributed by atoms with Crippen LogP contribution in [0.1, 0.15) is 34.8 Å². The van der Waals surface area contributed by atoms with E-state index in [4.69, 9.17) is 4.74 Å². The van der Waals surface area contributed by atoms with Crippen LogP contribution in [0, 0.1) is 0 Å². The third-order valence-corrected chi connectivity index (χ3v) is 6.24. The summed E-state index contributed by atoms with van der Waals surface area (Å²) in [6.07, 6.45) is 5.21. The van der Waals surface area contributed by atoms with E-state index in [0.29, 0.717) is 16.7 Å². The first-order chi connectivity index (χ1) is 14.2. The second-order valence-corrected chi connectivity index (χ2v) is 8.36. The maximum absolute atomic E-state index is 12.7. The number of thiazole rings is 1. The van der Waals surface area contributed by atoms with Gasteiger partial charge in [0.15, 0.2) is 5.13 Å². The zero-order valence-electron chi connectivity index (χ0n) is 15.6. The largest absolute Gasteiger partial charge is 0.493 e. The van der Waals surface area contributed by atoms with Crippen molar-refractivity contribution in [3.63, 3.8) is 0 Å². The molecule has 0 radical (unpaired) electrons. The molecule has 144 valence electrons. The van der Waals surface area contributed by atoms with Crippen molar-refractivity contribution in [2.75, 3.05) is 11.9 Å². The third-order valence-electron chi connectivity index (χ3n) is 5.49. The minimum atomic E-state index is -0.170. The van der Waals surface area contributed by atoms with Crippen molar-refractivity contribution in [2.45, 2.75) is 25.3 Å². The molecule has 0 spiro atoms. The molecule has 0 unspecified atom stereocenters. The summed E-state index contributed by atoms with van der Waals surface area (Å²) in [5.41, 5.74) is 5.63. The first-order valence-electron chi connectivity index (χ1n) is 9.74. The molecule has 0 bridgehead atoms. The summed E-state index contributed by atoms with van der Waals surface area (Å²) >= 11 is 1.43. The molecule has 29 heavy (non-hydrogen) atoms. The van der Waals surface area contributed by atoms with Gasteiger partial charge in [-0.15, -0.1) is 11.3 Å². The van der Waals surface area contributed by atoms with Crippen LogP contribution in [-0.4, -0.2) is 27.0 Å². The van der Waals surface area contributed by atoms with Gasteiger partial charge in [0.05, 0.1) is 29.7 Å². The molecular formula is C22H18N4O2S. The van der Waals surface area contributed by atoms with Gasteiger partial charge in [0.2, 0.25) is 0 Å². The number of imidazole rings is 1. The highest BCUT2D eigenvalue weighted by Gasteiger charge is 2.25. The van der Waals surface area contributed by atoms with Crippen LogP contribution in [0.5, 0.6) is 5.75 Å². The van der Waals surface area contributed by atoms with Crippen LogP contribution in [0.3, 0.4) is 0 Å². The van der Waals surface area contributed by atoms with Gasteiger partial charge in [-0.05, 0) is 54.8 Å². The number of rotatable bonds is 4. The zero-order valence-corrected chi connectivity index (χ0v) is 16.4. The fourth-order valence-corrected chi connectivity index (χ4v) is 4.51. The van der Waals surface area contributed by atoms with Crippen LogP contribution >= 0.6 is 11.3 Å². The maximum Gasteiger partial charge on any atom is 0.257 e. The summed E-state index contributed by atoms with van der Waals surface area (Å²) < 4.78 is 7.76. The van der Waals surface area contributed by atoms with Crippen molar-refractivity contribution in [1.82, 2.24) is 14.5 Å². The first-order valence-corrected chi connectivity index (χ1v) is 10.6. The number of aromatic nitrogens is 3. The summed E-state index contributed by atoms with van der Waals surface area (Å²) in [5, 5.41) is 5.47. The van der Waals surface area contributed by atoms with Crippen LogP contribution in [0.4, 0.5) is 5.13 Å². The van der Waals surface area contributed by atoms with E-state index in [1.165, 1.54) is 29.7 Å². The topological polar surface area (TPSA) is 69.0 Å². The molecule has 6 nitrogen and oxygen atoms in total. The van der Waals surface area contributed by atoms with E-state index in [9.17, 15) is 4.79 Å². The lowest BCUT2D eigenvalue weighted by Gasteiger charge is -2.04. The number of anilines is 1. The van der Waals surface area contributed by atoms with Crippen molar-refractivity contribution in [2.24, 2.45) is 0 Å². The molecule has 1 aliphatic heterocycles. The normalized spacial score (nSPS) is 15.3. The molecule has 1 aliphatic carbocycles. The highest BCUT2D eigenvalue weighted by Crippen LogP contribution is 2.37. The van der Waals surface area contributed by atoms with Crippen molar-refractivity contribution < 1.29 is 9.53 Å². The number of nitrogens with one attached hydrogen (secondary N) is 1. The van der Waals surface area contributed by atoms with E-state index >= 15 is 0 Å². The molecule has 1 N–H and O–H groups in total. The highest BCUT2D eigenvalue weighted by molar-refractivity contribution is 7.14. The summed E-state index contributed by atoms with van der Waals surface area (Å²) in [6, 6.07) is 12.4. The van der Waals surface area contributed by atoms with Crippen LogP contribution in [0.2, 0.25) is 0 Å². The number of fused-ring (bicyclic) bond motifs is 2. The Morgan fingerprint density at radius 1 is 1.21 bits per heavy atom. The third kappa shape index (κ3) is 2.98. The molecule has 0 saturated heterocycles. The van der Waals surface area contributed by atoms with Gasteiger partial charge < -0.3 is 9.30 Å². The average Bonchev–Trinajstić information content (AvgIpc) is 3.15. The number of carbonyl (C=O) groups is 1. The summed E-state index contributed by atoms with van der Waals surface area (Å²) in [6.45, 7) is 0.737. The van der Waals surface area contributed by atoms with Crippen molar-refractivity contribution in [3.05, 3.63) is 59.2 Å². The van der Waals surface area contributed by atoms with Crippen LogP contribution in [0.25, 0.3) is 22.3 Å². The lowest BCUT2D eigenvalue weighted by Crippen LogP contribution is -2.11.